The lowest BCUT2D eigenvalue weighted by Crippen LogP contribution is -2.28. The highest BCUT2D eigenvalue weighted by Gasteiger charge is 2.37. The third-order valence-corrected chi connectivity index (χ3v) is 5.24. The highest BCUT2D eigenvalue weighted by molar-refractivity contribution is 6.35. The van der Waals surface area contributed by atoms with Crippen LogP contribution in [0.25, 0.3) is 0 Å². The quantitative estimate of drug-likeness (QED) is 0.627. The number of hydrogen-bond acceptors (Lipinski definition) is 6. The minimum absolute atomic E-state index is 0.0486. The molecule has 0 radical (unpaired) electrons. The second-order valence-corrected chi connectivity index (χ2v) is 7.57. The van der Waals surface area contributed by atoms with Crippen molar-refractivity contribution < 1.29 is 28.6 Å². The molecule has 8 nitrogen and oxygen atoms in total. The molecule has 1 N–H and O–H groups in total. The van der Waals surface area contributed by atoms with Crippen molar-refractivity contribution in [2.45, 2.75) is 6.42 Å². The molecule has 0 aliphatic carbocycles. The van der Waals surface area contributed by atoms with Crippen LogP contribution in [0.4, 0.5) is 11.4 Å². The van der Waals surface area contributed by atoms with Gasteiger partial charge in [-0.05, 0) is 30.3 Å². The molecule has 1 saturated heterocycles. The number of hydrogen-bond donors (Lipinski definition) is 1. The summed E-state index contributed by atoms with van der Waals surface area (Å²) in [5, 5.41) is 3.37. The van der Waals surface area contributed by atoms with Crippen LogP contribution in [-0.4, -0.2) is 45.2 Å². The number of ether oxygens (including phenoxy) is 3. The fourth-order valence-electron chi connectivity index (χ4n) is 3.14. The van der Waals surface area contributed by atoms with Crippen LogP contribution in [0.2, 0.25) is 10.0 Å². The van der Waals surface area contributed by atoms with E-state index in [2.05, 4.69) is 5.32 Å². The summed E-state index contributed by atoms with van der Waals surface area (Å²) in [6.45, 7) is -0.426. The van der Waals surface area contributed by atoms with E-state index in [-0.39, 0.29) is 18.9 Å². The molecule has 31 heavy (non-hydrogen) atoms. The van der Waals surface area contributed by atoms with Crippen molar-refractivity contribution in [2.75, 3.05) is 37.6 Å². The van der Waals surface area contributed by atoms with E-state index in [4.69, 9.17) is 37.4 Å². The largest absolute Gasteiger partial charge is 0.497 e. The summed E-state index contributed by atoms with van der Waals surface area (Å²) in [4.78, 5) is 38.4. The Morgan fingerprint density at radius 2 is 1.90 bits per heavy atom. The first kappa shape index (κ1) is 22.7. The normalized spacial score (nSPS) is 15.5. The molecule has 3 rings (SSSR count). The number of nitrogens with one attached hydrogen (secondary N) is 1. The minimum Gasteiger partial charge on any atom is -0.497 e. The second kappa shape index (κ2) is 9.89. The van der Waals surface area contributed by atoms with Gasteiger partial charge >= 0.3 is 5.97 Å². The standard InChI is InChI=1S/C21H20Cl2N2O6/c1-29-14-4-6-18(30-2)16(9-14)24-19(26)11-31-21(28)12-7-20(27)25(10-12)17-8-13(22)3-5-15(17)23/h3-6,8-9,12H,7,10-11H2,1-2H3,(H,24,26)/t12-/m1/s1. The molecule has 1 aliphatic heterocycles. The van der Waals surface area contributed by atoms with Gasteiger partial charge in [0.2, 0.25) is 5.91 Å². The van der Waals surface area contributed by atoms with Gasteiger partial charge in [0.25, 0.3) is 5.91 Å². The minimum atomic E-state index is -0.721. The van der Waals surface area contributed by atoms with Crippen molar-refractivity contribution in [3.63, 3.8) is 0 Å². The molecule has 2 aromatic rings. The van der Waals surface area contributed by atoms with E-state index in [0.29, 0.717) is 32.9 Å². The molecule has 10 heteroatoms. The van der Waals surface area contributed by atoms with Gasteiger partial charge < -0.3 is 24.4 Å². The molecule has 0 bridgehead atoms. The highest BCUT2D eigenvalue weighted by atomic mass is 35.5. The van der Waals surface area contributed by atoms with Crippen LogP contribution in [0.1, 0.15) is 6.42 Å². The molecule has 1 fully saturated rings. The molecule has 2 aromatic carbocycles. The zero-order valence-corrected chi connectivity index (χ0v) is 18.3. The van der Waals surface area contributed by atoms with Crippen LogP contribution in [0.15, 0.2) is 36.4 Å². The summed E-state index contributed by atoms with van der Waals surface area (Å²) in [7, 11) is 2.96. The van der Waals surface area contributed by atoms with Crippen molar-refractivity contribution in [2.24, 2.45) is 5.92 Å². The van der Waals surface area contributed by atoms with E-state index in [1.807, 2.05) is 0 Å². The number of amides is 2. The van der Waals surface area contributed by atoms with Gasteiger partial charge in [-0.25, -0.2) is 0 Å². The van der Waals surface area contributed by atoms with Crippen LogP contribution < -0.4 is 19.7 Å². The Hall–Kier alpha value is -2.97. The average Bonchev–Trinajstić information content (AvgIpc) is 3.15. The van der Waals surface area contributed by atoms with Crippen LogP contribution >= 0.6 is 23.2 Å². The highest BCUT2D eigenvalue weighted by Crippen LogP contribution is 2.34. The molecule has 0 unspecified atom stereocenters. The van der Waals surface area contributed by atoms with E-state index in [0.717, 1.165) is 0 Å². The van der Waals surface area contributed by atoms with Gasteiger partial charge in [0.15, 0.2) is 6.61 Å². The lowest BCUT2D eigenvalue weighted by atomic mass is 10.1. The Morgan fingerprint density at radius 3 is 2.61 bits per heavy atom. The van der Waals surface area contributed by atoms with Gasteiger partial charge in [0.05, 0.1) is 36.5 Å². The Labute approximate surface area is 189 Å². The molecule has 0 spiro atoms. The Morgan fingerprint density at radius 1 is 1.13 bits per heavy atom. The van der Waals surface area contributed by atoms with E-state index >= 15 is 0 Å². The third kappa shape index (κ3) is 5.39. The number of esters is 1. The molecule has 0 saturated carbocycles. The van der Waals surface area contributed by atoms with Crippen LogP contribution in [-0.2, 0) is 19.1 Å². The van der Waals surface area contributed by atoms with Crippen molar-refractivity contribution in [1.82, 2.24) is 0 Å². The molecular weight excluding hydrogens is 447 g/mol. The van der Waals surface area contributed by atoms with Crippen molar-refractivity contribution >= 4 is 52.4 Å². The molecule has 1 atom stereocenters. The molecular formula is C21H20Cl2N2O6. The van der Waals surface area contributed by atoms with Gasteiger partial charge in [-0.1, -0.05) is 23.2 Å². The molecule has 0 aromatic heterocycles. The summed E-state index contributed by atoms with van der Waals surface area (Å²) in [6, 6.07) is 9.65. The number of rotatable bonds is 7. The van der Waals surface area contributed by atoms with Crippen LogP contribution in [0, 0.1) is 5.92 Å². The lowest BCUT2D eigenvalue weighted by molar-refractivity contribution is -0.151. The predicted molar refractivity (Wildman–Crippen MR) is 116 cm³/mol. The Bertz CT molecular complexity index is 1010. The SMILES string of the molecule is COc1ccc(OC)c(NC(=O)COC(=O)[C@@H]2CC(=O)N(c3cc(Cl)ccc3Cl)C2)c1. The maximum Gasteiger partial charge on any atom is 0.311 e. The van der Waals surface area contributed by atoms with Gasteiger partial charge in [-0.2, -0.15) is 0 Å². The fourth-order valence-corrected chi connectivity index (χ4v) is 3.53. The summed E-state index contributed by atoms with van der Waals surface area (Å²) >= 11 is 12.1. The smallest absolute Gasteiger partial charge is 0.311 e. The predicted octanol–water partition coefficient (Wildman–Crippen LogP) is 3.55. The van der Waals surface area contributed by atoms with Crippen molar-refractivity contribution in [1.29, 1.82) is 0 Å². The Balaban J connectivity index is 1.58. The topological polar surface area (TPSA) is 94.2 Å². The number of carbonyl (C=O) groups excluding carboxylic acids is 3. The maximum absolute atomic E-state index is 12.4. The number of methoxy groups -OCH3 is 2. The molecule has 2 amide bonds. The van der Waals surface area contributed by atoms with Gasteiger partial charge in [0.1, 0.15) is 11.5 Å². The number of carbonyl (C=O) groups is 3. The second-order valence-electron chi connectivity index (χ2n) is 6.72. The Kier molecular flexibility index (Phi) is 7.25. The number of halogens is 2. The molecule has 1 heterocycles. The first-order chi connectivity index (χ1) is 14.8. The number of nitrogens with zero attached hydrogens (tertiary/aromatic N) is 1. The zero-order valence-electron chi connectivity index (χ0n) is 16.8. The van der Waals surface area contributed by atoms with E-state index in [1.165, 1.54) is 19.1 Å². The van der Waals surface area contributed by atoms with Gasteiger partial charge in [-0.15, -0.1) is 0 Å². The third-order valence-electron chi connectivity index (χ3n) is 4.68. The van der Waals surface area contributed by atoms with Crippen molar-refractivity contribution in [3.05, 3.63) is 46.4 Å². The summed E-state index contributed by atoms with van der Waals surface area (Å²) in [6.07, 6.45) is -0.0486. The number of benzene rings is 2. The van der Waals surface area contributed by atoms with Crippen LogP contribution in [0.3, 0.4) is 0 Å². The van der Waals surface area contributed by atoms with Gasteiger partial charge in [-0.3, -0.25) is 14.4 Å². The zero-order chi connectivity index (χ0) is 22.5. The van der Waals surface area contributed by atoms with E-state index < -0.39 is 24.4 Å². The summed E-state index contributed by atoms with van der Waals surface area (Å²) in [5.74, 6) is -1.26. The van der Waals surface area contributed by atoms with Gasteiger partial charge in [0, 0.05) is 24.1 Å². The summed E-state index contributed by atoms with van der Waals surface area (Å²) < 4.78 is 15.4. The van der Waals surface area contributed by atoms with E-state index in [9.17, 15) is 14.4 Å². The average molecular weight is 467 g/mol. The summed E-state index contributed by atoms with van der Waals surface area (Å²) in [5.41, 5.74) is 0.804. The molecule has 164 valence electrons. The lowest BCUT2D eigenvalue weighted by Gasteiger charge is -2.18. The van der Waals surface area contributed by atoms with Crippen LogP contribution in [0.5, 0.6) is 11.5 Å². The maximum atomic E-state index is 12.4. The first-order valence-electron chi connectivity index (χ1n) is 9.26. The van der Waals surface area contributed by atoms with Crippen molar-refractivity contribution in [3.8, 4) is 11.5 Å². The fraction of sp³-hybridized carbons (Fsp3) is 0.286. The monoisotopic (exact) mass is 466 g/mol. The number of anilines is 2. The molecule has 1 aliphatic rings. The van der Waals surface area contributed by atoms with E-state index in [1.54, 1.807) is 36.4 Å². The first-order valence-corrected chi connectivity index (χ1v) is 10.0.